The van der Waals surface area contributed by atoms with Crippen LogP contribution in [0.3, 0.4) is 0 Å². The number of pyridine rings is 1. The minimum Gasteiger partial charge on any atom is -0.508 e. The normalized spacial score (nSPS) is 27.4. The van der Waals surface area contributed by atoms with Crippen LogP contribution in [0, 0.1) is 29.4 Å². The van der Waals surface area contributed by atoms with Crippen LogP contribution in [-0.2, 0) is 22.6 Å². The van der Waals surface area contributed by atoms with E-state index in [1.807, 2.05) is 19.1 Å². The van der Waals surface area contributed by atoms with Crippen molar-refractivity contribution in [3.05, 3.63) is 77.0 Å². The quantitative estimate of drug-likeness (QED) is 0.0988. The number of carbonyl (C=O) groups excluding carboxylic acids is 3. The highest BCUT2D eigenvalue weighted by atomic mass is 19.1. The molecule has 406 valence electrons. The van der Waals surface area contributed by atoms with Crippen molar-refractivity contribution >= 4 is 50.9 Å². The highest BCUT2D eigenvalue weighted by Crippen LogP contribution is 2.45. The Bertz CT molecular complexity index is 3140. The van der Waals surface area contributed by atoms with E-state index in [0.29, 0.717) is 96.3 Å². The van der Waals surface area contributed by atoms with Gasteiger partial charge >= 0.3 is 6.01 Å². The van der Waals surface area contributed by atoms with E-state index in [4.69, 9.17) is 14.7 Å². The van der Waals surface area contributed by atoms with Crippen molar-refractivity contribution < 1.29 is 37.4 Å². The first-order valence-electron chi connectivity index (χ1n) is 28.4. The number of piperazine rings is 1. The molecule has 3 aromatic carbocycles. The number of piperidine rings is 3. The molecule has 0 saturated carbocycles. The fourth-order valence-electron chi connectivity index (χ4n) is 15.0. The SMILES string of the molecule is CCc1c(F)ccc2cc(O)cc(-c3ncc4c(N5C[C@H]6CC[C@@H](C5)N6)nc(OC[C@]56C[C@@H](F)CN5C[C@@H](CCN5CCC(CC7CCN(c8ccc9c(c8)CN(C8CCC(=O)NC8=O)C9=O)CC7)CC5)C6)nc4c3F)c12. The predicted molar refractivity (Wildman–Crippen MR) is 287 cm³/mol. The summed E-state index contributed by atoms with van der Waals surface area (Å²) in [5.41, 5.74) is 2.87. The van der Waals surface area contributed by atoms with Gasteiger partial charge in [-0.05, 0) is 166 Å². The third-order valence-corrected chi connectivity index (χ3v) is 18.9. The van der Waals surface area contributed by atoms with Crippen LogP contribution in [0.5, 0.6) is 11.8 Å². The van der Waals surface area contributed by atoms with Gasteiger partial charge in [0, 0.05) is 93.7 Å². The van der Waals surface area contributed by atoms with Crippen molar-refractivity contribution in [2.75, 3.05) is 75.3 Å². The molecule has 5 aromatic rings. The van der Waals surface area contributed by atoms with Crippen LogP contribution in [0.15, 0.2) is 48.7 Å². The minimum absolute atomic E-state index is 0.0309. The Kier molecular flexibility index (Phi) is 13.3. The molecule has 8 aliphatic rings. The summed E-state index contributed by atoms with van der Waals surface area (Å²) in [6.07, 6.45) is 11.8. The maximum atomic E-state index is 17.3. The van der Waals surface area contributed by atoms with Crippen LogP contribution >= 0.6 is 0 Å². The van der Waals surface area contributed by atoms with Crippen LogP contribution in [0.4, 0.5) is 24.7 Å². The number of aromatic nitrogens is 3. The Hall–Kier alpha value is -6.11. The second-order valence-corrected chi connectivity index (χ2v) is 23.8. The molecule has 77 heavy (non-hydrogen) atoms. The van der Waals surface area contributed by atoms with Crippen molar-refractivity contribution in [3.8, 4) is 23.0 Å². The molecule has 1 unspecified atom stereocenters. The van der Waals surface area contributed by atoms with Crippen molar-refractivity contribution in [1.82, 2.24) is 40.3 Å². The van der Waals surface area contributed by atoms with Gasteiger partial charge in [-0.1, -0.05) is 13.0 Å². The van der Waals surface area contributed by atoms with Gasteiger partial charge < -0.3 is 34.8 Å². The maximum Gasteiger partial charge on any atom is 0.319 e. The first kappa shape index (κ1) is 50.4. The fourth-order valence-corrected chi connectivity index (χ4v) is 15.0. The van der Waals surface area contributed by atoms with Crippen LogP contribution in [0.2, 0.25) is 0 Å². The van der Waals surface area contributed by atoms with Crippen molar-refractivity contribution in [2.45, 2.75) is 127 Å². The van der Waals surface area contributed by atoms with Gasteiger partial charge in [0.1, 0.15) is 47.4 Å². The number of alkyl halides is 1. The molecule has 7 fully saturated rings. The number of rotatable bonds is 13. The van der Waals surface area contributed by atoms with Crippen LogP contribution in [0.1, 0.15) is 105 Å². The van der Waals surface area contributed by atoms with Crippen LogP contribution in [-0.4, -0.2) is 148 Å². The fraction of sp³-hybridized carbons (Fsp3) is 0.559. The largest absolute Gasteiger partial charge is 0.508 e. The molecule has 6 atom stereocenters. The summed E-state index contributed by atoms with van der Waals surface area (Å²) < 4.78 is 54.6. The molecule has 2 bridgehead atoms. The number of nitrogens with one attached hydrogen (secondary N) is 2. The lowest BCUT2D eigenvalue weighted by molar-refractivity contribution is -0.136. The van der Waals surface area contributed by atoms with Crippen molar-refractivity contribution in [3.63, 3.8) is 0 Å². The standard InChI is InChI=1S/C59H69F3N10O5/c1-2-44-48(61)8-3-37-23-43(73)24-46(51(37)44)53-52(62)54-47(27-63-53)55(70-31-40-4-5-41(32-70)64-40)67-58(66-54)77-33-59-25-36(28-71(59)30-39(60)26-59)13-18-68-16-11-34(12-17-68)21-35-14-19-69(20-15-35)42-6-7-45-38(22-42)29-72(57(45)76)49-9-10-50(74)65-56(49)75/h3,6-8,22-24,27,34-36,39-41,49,64,73H,2,4-5,9-21,25-26,28-33H2,1H3,(H,65,74,75)/t36-,39+,40-,41+,49?,59-/m0/s1. The first-order chi connectivity index (χ1) is 37.3. The molecule has 15 nitrogen and oxygen atoms in total. The predicted octanol–water partition coefficient (Wildman–Crippen LogP) is 7.68. The van der Waals surface area contributed by atoms with E-state index in [0.717, 1.165) is 89.0 Å². The van der Waals surface area contributed by atoms with Gasteiger partial charge in [0.2, 0.25) is 11.8 Å². The zero-order valence-electron chi connectivity index (χ0n) is 43.9. The van der Waals surface area contributed by atoms with Crippen molar-refractivity contribution in [2.24, 2.45) is 17.8 Å². The van der Waals surface area contributed by atoms with Gasteiger partial charge in [-0.2, -0.15) is 9.97 Å². The third kappa shape index (κ3) is 9.53. The summed E-state index contributed by atoms with van der Waals surface area (Å²) in [4.78, 5) is 63.0. The Labute approximate surface area is 446 Å². The van der Waals surface area contributed by atoms with Crippen LogP contribution < -0.4 is 25.2 Å². The Morgan fingerprint density at radius 1 is 0.831 bits per heavy atom. The van der Waals surface area contributed by atoms with Gasteiger partial charge in [0.05, 0.1) is 10.9 Å². The summed E-state index contributed by atoms with van der Waals surface area (Å²) in [6, 6.07) is 12.0. The van der Waals surface area contributed by atoms with Gasteiger partial charge in [0.15, 0.2) is 5.82 Å². The van der Waals surface area contributed by atoms with Gasteiger partial charge in [-0.25, -0.2) is 13.2 Å². The molecule has 7 saturated heterocycles. The summed E-state index contributed by atoms with van der Waals surface area (Å²) in [5, 5.41) is 18.4. The zero-order valence-corrected chi connectivity index (χ0v) is 43.9. The number of phenolic OH excluding ortho intramolecular Hbond substituents is 1. The molecule has 18 heteroatoms. The number of aryl methyl sites for hydroxylation is 1. The highest BCUT2D eigenvalue weighted by Gasteiger charge is 2.53. The number of ether oxygens (including phenoxy) is 1. The maximum absolute atomic E-state index is 17.3. The van der Waals surface area contributed by atoms with Gasteiger partial charge in [0.25, 0.3) is 5.91 Å². The van der Waals surface area contributed by atoms with E-state index < -0.39 is 29.4 Å². The smallest absolute Gasteiger partial charge is 0.319 e. The number of carbonyl (C=O) groups is 3. The number of likely N-dealkylation sites (tertiary alicyclic amines) is 1. The summed E-state index contributed by atoms with van der Waals surface area (Å²) in [7, 11) is 0. The number of benzene rings is 3. The number of halogens is 3. The average Bonchev–Trinajstić information content (AvgIpc) is 4.20. The van der Waals surface area contributed by atoms with E-state index >= 15 is 13.2 Å². The number of amides is 3. The Morgan fingerprint density at radius 3 is 2.38 bits per heavy atom. The monoisotopic (exact) mass is 1050 g/mol. The van der Waals surface area contributed by atoms with E-state index in [2.05, 4.69) is 41.3 Å². The molecule has 0 radical (unpaired) electrons. The van der Waals surface area contributed by atoms with E-state index in [-0.39, 0.29) is 71.4 Å². The summed E-state index contributed by atoms with van der Waals surface area (Å²) >= 11 is 0. The molecular formula is C59H69F3N10O5. The third-order valence-electron chi connectivity index (χ3n) is 18.9. The van der Waals surface area contributed by atoms with Gasteiger partial charge in [-0.15, -0.1) is 0 Å². The number of anilines is 2. The first-order valence-corrected chi connectivity index (χ1v) is 28.4. The number of nitrogens with zero attached hydrogens (tertiary/aromatic N) is 8. The molecule has 3 N–H and O–H groups in total. The van der Waals surface area contributed by atoms with Crippen molar-refractivity contribution in [1.29, 1.82) is 0 Å². The van der Waals surface area contributed by atoms with E-state index in [9.17, 15) is 19.5 Å². The van der Waals surface area contributed by atoms with Gasteiger partial charge in [-0.3, -0.25) is 29.6 Å². The molecule has 2 aromatic heterocycles. The number of aromatic hydroxyl groups is 1. The van der Waals surface area contributed by atoms with E-state index in [1.165, 1.54) is 31.4 Å². The highest BCUT2D eigenvalue weighted by molar-refractivity contribution is 6.06. The lowest BCUT2D eigenvalue weighted by atomic mass is 9.82. The zero-order chi connectivity index (χ0) is 52.7. The molecule has 0 aliphatic carbocycles. The molecule has 3 amide bonds. The molecule has 0 spiro atoms. The van der Waals surface area contributed by atoms with E-state index in [1.54, 1.807) is 23.2 Å². The Morgan fingerprint density at radius 2 is 1.61 bits per heavy atom. The molecule has 10 heterocycles. The summed E-state index contributed by atoms with van der Waals surface area (Å²) in [6.45, 7) is 10.1. The average molecular weight is 1060 g/mol. The summed E-state index contributed by atoms with van der Waals surface area (Å²) in [5.74, 6) is 0.318. The number of phenols is 1. The lowest BCUT2D eigenvalue weighted by Crippen LogP contribution is -2.52. The molecular weight excluding hydrogens is 986 g/mol. The topological polar surface area (TPSA) is 160 Å². The number of fused-ring (bicyclic) bond motifs is 6. The minimum atomic E-state index is -0.970. The molecule has 8 aliphatic heterocycles. The number of hydrogen-bond acceptors (Lipinski definition) is 13. The second kappa shape index (κ2) is 20.3. The van der Waals surface area contributed by atoms with Crippen LogP contribution in [0.25, 0.3) is 32.9 Å². The number of hydrogen-bond donors (Lipinski definition) is 3. The Balaban J connectivity index is 0.634. The lowest BCUT2D eigenvalue weighted by Gasteiger charge is -2.38. The molecule has 13 rings (SSSR count). The second-order valence-electron chi connectivity index (χ2n) is 23.8. The number of imide groups is 1.